The predicted octanol–water partition coefficient (Wildman–Crippen LogP) is 2.23. The fraction of sp³-hybridized carbons (Fsp3) is 0.500. The summed E-state index contributed by atoms with van der Waals surface area (Å²) in [7, 11) is 0. The van der Waals surface area contributed by atoms with Crippen LogP contribution >= 0.6 is 11.6 Å². The highest BCUT2D eigenvalue weighted by atomic mass is 35.5. The molecule has 0 radical (unpaired) electrons. The van der Waals surface area contributed by atoms with Crippen LogP contribution in [0.4, 0.5) is 0 Å². The third-order valence-electron chi connectivity index (χ3n) is 2.25. The summed E-state index contributed by atoms with van der Waals surface area (Å²) in [5, 5.41) is 12.1. The Kier molecular flexibility index (Phi) is 3.24. The molecule has 0 aliphatic rings. The molecule has 0 aromatic carbocycles. The van der Waals surface area contributed by atoms with Crippen LogP contribution in [0.3, 0.4) is 0 Å². The lowest BCUT2D eigenvalue weighted by Gasteiger charge is -2.03. The number of halogens is 1. The third kappa shape index (κ3) is 2.24. The van der Waals surface area contributed by atoms with Gasteiger partial charge in [0.1, 0.15) is 5.82 Å². The molecule has 0 spiro atoms. The van der Waals surface area contributed by atoms with Crippen molar-refractivity contribution in [1.82, 2.24) is 19.9 Å². The van der Waals surface area contributed by atoms with Crippen molar-refractivity contribution in [3.63, 3.8) is 0 Å². The lowest BCUT2D eigenvalue weighted by atomic mass is 10.3. The SMILES string of the molecule is CCCc1nnc(Cl)n1Cc1cc(C)no1. The van der Waals surface area contributed by atoms with Gasteiger partial charge in [-0.05, 0) is 24.9 Å². The molecule has 2 rings (SSSR count). The molecule has 0 amide bonds. The first-order chi connectivity index (χ1) is 7.70. The highest BCUT2D eigenvalue weighted by Crippen LogP contribution is 2.13. The van der Waals surface area contributed by atoms with Gasteiger partial charge in [-0.25, -0.2) is 0 Å². The van der Waals surface area contributed by atoms with Crippen molar-refractivity contribution < 1.29 is 4.52 Å². The maximum absolute atomic E-state index is 5.96. The molecule has 0 atom stereocenters. The normalized spacial score (nSPS) is 10.9. The zero-order valence-electron chi connectivity index (χ0n) is 9.27. The Morgan fingerprint density at radius 1 is 1.44 bits per heavy atom. The second-order valence-corrected chi connectivity index (χ2v) is 3.99. The first-order valence-corrected chi connectivity index (χ1v) is 5.58. The first kappa shape index (κ1) is 11.1. The molecule has 2 aromatic heterocycles. The molecule has 0 fully saturated rings. The van der Waals surface area contributed by atoms with Gasteiger partial charge in [0.2, 0.25) is 5.28 Å². The molecule has 0 saturated carbocycles. The molecule has 6 heteroatoms. The molecule has 0 bridgehead atoms. The fourth-order valence-corrected chi connectivity index (χ4v) is 1.72. The highest BCUT2D eigenvalue weighted by molar-refractivity contribution is 6.28. The van der Waals surface area contributed by atoms with Crippen LogP contribution in [0.25, 0.3) is 0 Å². The Bertz CT molecular complexity index is 477. The number of nitrogens with zero attached hydrogens (tertiary/aromatic N) is 4. The van der Waals surface area contributed by atoms with Gasteiger partial charge in [-0.1, -0.05) is 12.1 Å². The maximum Gasteiger partial charge on any atom is 0.225 e. The van der Waals surface area contributed by atoms with Gasteiger partial charge in [-0.3, -0.25) is 4.57 Å². The number of aryl methyl sites for hydroxylation is 2. The summed E-state index contributed by atoms with van der Waals surface area (Å²) in [6.07, 6.45) is 1.86. The van der Waals surface area contributed by atoms with Crippen molar-refractivity contribution in [1.29, 1.82) is 0 Å². The molecule has 0 N–H and O–H groups in total. The lowest BCUT2D eigenvalue weighted by Crippen LogP contribution is -2.04. The minimum atomic E-state index is 0.387. The molecule has 0 saturated heterocycles. The van der Waals surface area contributed by atoms with Gasteiger partial charge >= 0.3 is 0 Å². The molecule has 5 nitrogen and oxygen atoms in total. The van der Waals surface area contributed by atoms with Gasteiger partial charge < -0.3 is 4.52 Å². The Hall–Kier alpha value is -1.36. The van der Waals surface area contributed by atoms with E-state index >= 15 is 0 Å². The zero-order chi connectivity index (χ0) is 11.5. The minimum absolute atomic E-state index is 0.387. The van der Waals surface area contributed by atoms with E-state index < -0.39 is 0 Å². The van der Waals surface area contributed by atoms with Crippen LogP contribution in [-0.2, 0) is 13.0 Å². The van der Waals surface area contributed by atoms with E-state index in [1.807, 2.05) is 17.6 Å². The number of aromatic nitrogens is 4. The Labute approximate surface area is 98.4 Å². The molecule has 2 aromatic rings. The molecule has 16 heavy (non-hydrogen) atoms. The Balaban J connectivity index is 2.22. The quantitative estimate of drug-likeness (QED) is 0.822. The average Bonchev–Trinajstić information content (AvgIpc) is 2.79. The summed E-state index contributed by atoms with van der Waals surface area (Å²) in [4.78, 5) is 0. The van der Waals surface area contributed by atoms with Gasteiger partial charge in [0.15, 0.2) is 5.76 Å². The van der Waals surface area contributed by atoms with Crippen LogP contribution in [0, 0.1) is 6.92 Å². The summed E-state index contributed by atoms with van der Waals surface area (Å²) in [6, 6.07) is 1.88. The smallest absolute Gasteiger partial charge is 0.225 e. The summed E-state index contributed by atoms with van der Waals surface area (Å²) in [6.45, 7) is 4.50. The molecule has 0 aliphatic heterocycles. The monoisotopic (exact) mass is 240 g/mol. The van der Waals surface area contributed by atoms with Gasteiger partial charge in [0, 0.05) is 12.5 Å². The Morgan fingerprint density at radius 2 is 2.25 bits per heavy atom. The summed E-state index contributed by atoms with van der Waals surface area (Å²) < 4.78 is 6.98. The molecular formula is C10H13ClN4O. The first-order valence-electron chi connectivity index (χ1n) is 5.20. The van der Waals surface area contributed by atoms with Crippen LogP contribution in [0.1, 0.15) is 30.6 Å². The average molecular weight is 241 g/mol. The van der Waals surface area contributed by atoms with Crippen LogP contribution in [0.15, 0.2) is 10.6 Å². The van der Waals surface area contributed by atoms with E-state index in [4.69, 9.17) is 16.1 Å². The highest BCUT2D eigenvalue weighted by Gasteiger charge is 2.11. The zero-order valence-corrected chi connectivity index (χ0v) is 10.0. The third-order valence-corrected chi connectivity index (χ3v) is 2.53. The van der Waals surface area contributed by atoms with Crippen molar-refractivity contribution >= 4 is 11.6 Å². The van der Waals surface area contributed by atoms with Crippen molar-refractivity contribution in [2.24, 2.45) is 0 Å². The standard InChI is InChI=1S/C10H13ClN4O/c1-3-4-9-12-13-10(11)15(9)6-8-5-7(2)14-16-8/h5H,3-4,6H2,1-2H3. The second kappa shape index (κ2) is 4.65. The molecule has 86 valence electrons. The van der Waals surface area contributed by atoms with Crippen molar-refractivity contribution in [3.05, 3.63) is 28.6 Å². The summed E-state index contributed by atoms with van der Waals surface area (Å²) in [5.74, 6) is 1.64. The molecule has 0 unspecified atom stereocenters. The van der Waals surface area contributed by atoms with Crippen molar-refractivity contribution in [3.8, 4) is 0 Å². The molecule has 2 heterocycles. The fourth-order valence-electron chi connectivity index (χ4n) is 1.53. The van der Waals surface area contributed by atoms with Crippen molar-refractivity contribution in [2.75, 3.05) is 0 Å². The Morgan fingerprint density at radius 3 is 2.88 bits per heavy atom. The maximum atomic E-state index is 5.96. The van der Waals surface area contributed by atoms with E-state index in [0.717, 1.165) is 30.1 Å². The van der Waals surface area contributed by atoms with Gasteiger partial charge in [0.05, 0.1) is 12.2 Å². The van der Waals surface area contributed by atoms with Crippen LogP contribution in [-0.4, -0.2) is 19.9 Å². The molecular weight excluding hydrogens is 228 g/mol. The van der Waals surface area contributed by atoms with Crippen LogP contribution in [0.2, 0.25) is 5.28 Å². The second-order valence-electron chi connectivity index (χ2n) is 3.66. The molecule has 0 aliphatic carbocycles. The minimum Gasteiger partial charge on any atom is -0.359 e. The van der Waals surface area contributed by atoms with E-state index in [0.29, 0.717) is 11.8 Å². The van der Waals surface area contributed by atoms with Gasteiger partial charge in [-0.2, -0.15) is 0 Å². The largest absolute Gasteiger partial charge is 0.359 e. The van der Waals surface area contributed by atoms with Gasteiger partial charge in [0.25, 0.3) is 0 Å². The number of hydrogen-bond donors (Lipinski definition) is 0. The number of hydrogen-bond acceptors (Lipinski definition) is 4. The van der Waals surface area contributed by atoms with E-state index in [-0.39, 0.29) is 0 Å². The van der Waals surface area contributed by atoms with E-state index in [2.05, 4.69) is 22.3 Å². The topological polar surface area (TPSA) is 56.7 Å². The van der Waals surface area contributed by atoms with E-state index in [9.17, 15) is 0 Å². The predicted molar refractivity (Wildman–Crippen MR) is 59.4 cm³/mol. The van der Waals surface area contributed by atoms with E-state index in [1.165, 1.54) is 0 Å². The van der Waals surface area contributed by atoms with E-state index in [1.54, 1.807) is 0 Å². The summed E-state index contributed by atoms with van der Waals surface area (Å²) >= 11 is 5.96. The van der Waals surface area contributed by atoms with Gasteiger partial charge in [-0.15, -0.1) is 10.2 Å². The number of rotatable bonds is 4. The summed E-state index contributed by atoms with van der Waals surface area (Å²) in [5.41, 5.74) is 0.858. The van der Waals surface area contributed by atoms with Crippen LogP contribution in [0.5, 0.6) is 0 Å². The lowest BCUT2D eigenvalue weighted by molar-refractivity contribution is 0.371. The van der Waals surface area contributed by atoms with Crippen molar-refractivity contribution in [2.45, 2.75) is 33.2 Å². The van der Waals surface area contributed by atoms with Crippen LogP contribution < -0.4 is 0 Å².